The van der Waals surface area contributed by atoms with Crippen LogP contribution in [0, 0.1) is 18.8 Å². The number of fused-ring (bicyclic) bond motifs is 2. The minimum absolute atomic E-state index is 0.0462. The van der Waals surface area contributed by atoms with E-state index in [0.717, 1.165) is 30.2 Å². The van der Waals surface area contributed by atoms with Crippen LogP contribution >= 0.6 is 0 Å². The topological polar surface area (TPSA) is 87.5 Å². The van der Waals surface area contributed by atoms with Crippen LogP contribution in [0.25, 0.3) is 10.9 Å². The second-order valence-corrected chi connectivity index (χ2v) is 9.60. The molecule has 1 unspecified atom stereocenters. The molecule has 2 aliphatic rings. The van der Waals surface area contributed by atoms with Crippen LogP contribution in [0.15, 0.2) is 41.2 Å². The van der Waals surface area contributed by atoms with Gasteiger partial charge in [-0.15, -0.1) is 0 Å². The summed E-state index contributed by atoms with van der Waals surface area (Å²) in [5.41, 5.74) is 3.26. The van der Waals surface area contributed by atoms with Crippen LogP contribution in [-0.4, -0.2) is 33.7 Å². The van der Waals surface area contributed by atoms with Crippen molar-refractivity contribution in [2.24, 2.45) is 18.9 Å². The monoisotopic (exact) mass is 446 g/mol. The molecular formula is C26H30N4O3. The Bertz CT molecular complexity index is 1290. The van der Waals surface area contributed by atoms with Crippen molar-refractivity contribution in [3.8, 4) is 0 Å². The van der Waals surface area contributed by atoms with Gasteiger partial charge in [-0.3, -0.25) is 9.36 Å². The molecule has 172 valence electrons. The SMILES string of the molecule is Cc1cc(C(C)Nc2ccccc2C(=O)O)c2nc(N3C[C@H]4CCC[C@H]4C3)n(C)c(=O)c2c1. The lowest BCUT2D eigenvalue weighted by Gasteiger charge is -2.24. The minimum atomic E-state index is -0.978. The first-order chi connectivity index (χ1) is 15.8. The second-order valence-electron chi connectivity index (χ2n) is 9.60. The van der Waals surface area contributed by atoms with Gasteiger partial charge in [0.1, 0.15) is 0 Å². The molecule has 2 N–H and O–H groups in total. The molecule has 0 spiro atoms. The van der Waals surface area contributed by atoms with E-state index in [-0.39, 0.29) is 17.2 Å². The molecule has 2 heterocycles. The Kier molecular flexibility index (Phi) is 5.35. The summed E-state index contributed by atoms with van der Waals surface area (Å²) in [5.74, 6) is 1.14. The lowest BCUT2D eigenvalue weighted by atomic mass is 10.0. The summed E-state index contributed by atoms with van der Waals surface area (Å²) in [7, 11) is 1.81. The maximum atomic E-state index is 13.4. The number of nitrogens with one attached hydrogen (secondary N) is 1. The molecule has 0 amide bonds. The summed E-state index contributed by atoms with van der Waals surface area (Å²) in [5, 5.41) is 13.5. The Balaban J connectivity index is 1.58. The van der Waals surface area contributed by atoms with Gasteiger partial charge in [-0.1, -0.05) is 24.6 Å². The van der Waals surface area contributed by atoms with Gasteiger partial charge in [0, 0.05) is 31.4 Å². The van der Waals surface area contributed by atoms with E-state index in [9.17, 15) is 14.7 Å². The molecule has 33 heavy (non-hydrogen) atoms. The van der Waals surface area contributed by atoms with Crippen molar-refractivity contribution in [3.05, 3.63) is 63.4 Å². The van der Waals surface area contributed by atoms with Gasteiger partial charge in [-0.05, 0) is 62.3 Å². The number of rotatable bonds is 5. The number of carbonyl (C=O) groups is 1. The molecule has 1 aromatic heterocycles. The number of aromatic nitrogens is 2. The van der Waals surface area contributed by atoms with Crippen LogP contribution < -0.4 is 15.8 Å². The molecular weight excluding hydrogens is 416 g/mol. The van der Waals surface area contributed by atoms with E-state index in [1.54, 1.807) is 22.8 Å². The van der Waals surface area contributed by atoms with E-state index in [1.807, 2.05) is 39.1 Å². The van der Waals surface area contributed by atoms with Crippen LogP contribution in [0.1, 0.15) is 53.7 Å². The third-order valence-corrected chi connectivity index (χ3v) is 7.34. The zero-order chi connectivity index (χ0) is 23.3. The predicted octanol–water partition coefficient (Wildman–Crippen LogP) is 4.35. The molecule has 3 aromatic rings. The number of carboxylic acid groups (broad SMARTS) is 1. The number of hydrogen-bond acceptors (Lipinski definition) is 5. The van der Waals surface area contributed by atoms with E-state index in [4.69, 9.17) is 4.98 Å². The molecule has 7 heteroatoms. The van der Waals surface area contributed by atoms with Gasteiger partial charge in [0.15, 0.2) is 0 Å². The first-order valence-corrected chi connectivity index (χ1v) is 11.7. The predicted molar refractivity (Wildman–Crippen MR) is 130 cm³/mol. The maximum absolute atomic E-state index is 13.4. The van der Waals surface area contributed by atoms with Crippen LogP contribution in [-0.2, 0) is 7.05 Å². The van der Waals surface area contributed by atoms with E-state index < -0.39 is 5.97 Å². The molecule has 5 rings (SSSR count). The third-order valence-electron chi connectivity index (χ3n) is 7.34. The van der Waals surface area contributed by atoms with Crippen LogP contribution in [0.3, 0.4) is 0 Å². The first-order valence-electron chi connectivity index (χ1n) is 11.7. The Hall–Kier alpha value is -3.35. The van der Waals surface area contributed by atoms with Crippen LogP contribution in [0.2, 0.25) is 0 Å². The number of hydrogen-bond donors (Lipinski definition) is 2. The average molecular weight is 447 g/mol. The van der Waals surface area contributed by atoms with Gasteiger partial charge in [-0.2, -0.15) is 0 Å². The number of aryl methyl sites for hydroxylation is 1. The number of benzene rings is 2. The summed E-state index contributed by atoms with van der Waals surface area (Å²) < 4.78 is 1.68. The number of nitrogens with zero attached hydrogens (tertiary/aromatic N) is 3. The van der Waals surface area contributed by atoms with E-state index >= 15 is 0 Å². The molecule has 0 bridgehead atoms. The first kappa shape index (κ1) is 21.5. The van der Waals surface area contributed by atoms with Gasteiger partial charge in [0.2, 0.25) is 5.95 Å². The normalized spacial score (nSPS) is 20.8. The van der Waals surface area contributed by atoms with Crippen LogP contribution in [0.5, 0.6) is 0 Å². The second kappa shape index (κ2) is 8.21. The molecule has 1 saturated heterocycles. The summed E-state index contributed by atoms with van der Waals surface area (Å²) in [6.07, 6.45) is 3.83. The van der Waals surface area contributed by atoms with Gasteiger partial charge in [0.25, 0.3) is 5.56 Å². The highest BCUT2D eigenvalue weighted by molar-refractivity contribution is 5.94. The van der Waals surface area contributed by atoms with Gasteiger partial charge >= 0.3 is 5.97 Å². The van der Waals surface area contributed by atoms with Crippen molar-refractivity contribution in [1.82, 2.24) is 9.55 Å². The Morgan fingerprint density at radius 1 is 1.18 bits per heavy atom. The Morgan fingerprint density at radius 2 is 1.88 bits per heavy atom. The van der Waals surface area contributed by atoms with E-state index in [2.05, 4.69) is 10.2 Å². The molecule has 2 aromatic carbocycles. The lowest BCUT2D eigenvalue weighted by Crippen LogP contribution is -2.31. The summed E-state index contributed by atoms with van der Waals surface area (Å²) >= 11 is 0. The molecule has 7 nitrogen and oxygen atoms in total. The van der Waals surface area contributed by atoms with Crippen molar-refractivity contribution >= 4 is 28.5 Å². The molecule has 0 radical (unpaired) electrons. The summed E-state index contributed by atoms with van der Waals surface area (Å²) in [4.78, 5) is 32.4. The van der Waals surface area contributed by atoms with Crippen molar-refractivity contribution in [1.29, 1.82) is 0 Å². The van der Waals surface area contributed by atoms with Gasteiger partial charge in [-0.25, -0.2) is 9.78 Å². The number of anilines is 2. The largest absolute Gasteiger partial charge is 0.478 e. The fraction of sp³-hybridized carbons (Fsp3) is 0.423. The van der Waals surface area contributed by atoms with Crippen molar-refractivity contribution in [3.63, 3.8) is 0 Å². The molecule has 3 atom stereocenters. The Morgan fingerprint density at radius 3 is 2.58 bits per heavy atom. The maximum Gasteiger partial charge on any atom is 0.337 e. The standard InChI is InChI=1S/C26H30N4O3/c1-15-11-20(16(2)27-22-10-5-4-9-19(22)25(32)33)23-21(12-15)24(31)29(3)26(28-23)30-13-17-7-6-8-18(17)14-30/h4-5,9-12,16-18,27H,6-8,13-14H2,1-3H3,(H,32,33)/t16?,17-,18+. The van der Waals surface area contributed by atoms with Crippen molar-refractivity contribution < 1.29 is 9.90 Å². The minimum Gasteiger partial charge on any atom is -0.478 e. The fourth-order valence-corrected chi connectivity index (χ4v) is 5.66. The molecule has 1 aliphatic heterocycles. The number of para-hydroxylation sites is 1. The van der Waals surface area contributed by atoms with Crippen molar-refractivity contribution in [2.45, 2.75) is 39.2 Å². The summed E-state index contributed by atoms with van der Waals surface area (Å²) in [6.45, 7) is 5.86. The molecule has 1 saturated carbocycles. The highest BCUT2D eigenvalue weighted by atomic mass is 16.4. The molecule has 2 fully saturated rings. The lowest BCUT2D eigenvalue weighted by molar-refractivity contribution is 0.0698. The zero-order valence-electron chi connectivity index (χ0n) is 19.3. The van der Waals surface area contributed by atoms with Crippen molar-refractivity contribution in [2.75, 3.05) is 23.3 Å². The van der Waals surface area contributed by atoms with Gasteiger partial charge in [0.05, 0.1) is 22.5 Å². The highest BCUT2D eigenvalue weighted by Crippen LogP contribution is 2.39. The number of carboxylic acids is 1. The third kappa shape index (κ3) is 3.75. The Labute approximate surface area is 193 Å². The zero-order valence-corrected chi connectivity index (χ0v) is 19.3. The highest BCUT2D eigenvalue weighted by Gasteiger charge is 2.37. The summed E-state index contributed by atoms with van der Waals surface area (Å²) in [6, 6.07) is 10.6. The fourth-order valence-electron chi connectivity index (χ4n) is 5.66. The van der Waals surface area contributed by atoms with Gasteiger partial charge < -0.3 is 15.3 Å². The quantitative estimate of drug-likeness (QED) is 0.606. The van der Waals surface area contributed by atoms with E-state index in [1.165, 1.54) is 19.3 Å². The smallest absolute Gasteiger partial charge is 0.337 e. The molecule has 1 aliphatic carbocycles. The number of aromatic carboxylic acids is 1. The average Bonchev–Trinajstić information content (AvgIpc) is 3.38. The van der Waals surface area contributed by atoms with Crippen LogP contribution in [0.4, 0.5) is 11.6 Å². The van der Waals surface area contributed by atoms with E-state index in [0.29, 0.717) is 28.4 Å².